The Morgan fingerprint density at radius 1 is 1.28 bits per heavy atom. The van der Waals surface area contributed by atoms with Crippen molar-refractivity contribution in [3.8, 4) is 17.2 Å². The van der Waals surface area contributed by atoms with Crippen LogP contribution in [0.25, 0.3) is 11.5 Å². The minimum atomic E-state index is 0.506. The van der Waals surface area contributed by atoms with Crippen LogP contribution in [0.4, 0.5) is 0 Å². The SMILES string of the molecule is CNCCCc1nnc(-c2ccccc2OC)o1. The zero-order chi connectivity index (χ0) is 12.8. The molecule has 2 aromatic rings. The molecule has 1 heterocycles. The van der Waals surface area contributed by atoms with Crippen LogP contribution < -0.4 is 10.1 Å². The van der Waals surface area contributed by atoms with Gasteiger partial charge in [0.05, 0.1) is 12.7 Å². The first-order valence-electron chi connectivity index (χ1n) is 5.95. The standard InChI is InChI=1S/C13H17N3O2/c1-14-9-5-8-12-15-16-13(18-12)10-6-3-4-7-11(10)17-2/h3-4,6-7,14H,5,8-9H2,1-2H3. The van der Waals surface area contributed by atoms with Gasteiger partial charge in [-0.15, -0.1) is 10.2 Å². The molecule has 1 N–H and O–H groups in total. The van der Waals surface area contributed by atoms with Crippen LogP contribution in [0.3, 0.4) is 0 Å². The molecule has 1 aromatic heterocycles. The van der Waals surface area contributed by atoms with Crippen molar-refractivity contribution in [2.75, 3.05) is 20.7 Å². The molecule has 96 valence electrons. The number of benzene rings is 1. The van der Waals surface area contributed by atoms with Crippen LogP contribution in [-0.2, 0) is 6.42 Å². The first-order chi connectivity index (χ1) is 8.85. The molecule has 0 aliphatic heterocycles. The van der Waals surface area contributed by atoms with Gasteiger partial charge in [-0.2, -0.15) is 0 Å². The Morgan fingerprint density at radius 3 is 2.89 bits per heavy atom. The number of ether oxygens (including phenoxy) is 1. The van der Waals surface area contributed by atoms with Gasteiger partial charge in [-0.3, -0.25) is 0 Å². The van der Waals surface area contributed by atoms with Crippen molar-refractivity contribution in [3.05, 3.63) is 30.2 Å². The molecular weight excluding hydrogens is 230 g/mol. The maximum atomic E-state index is 5.63. The molecule has 0 aliphatic rings. The third-order valence-corrected chi connectivity index (χ3v) is 2.62. The molecule has 5 heteroatoms. The van der Waals surface area contributed by atoms with Crippen LogP contribution in [0.15, 0.2) is 28.7 Å². The van der Waals surface area contributed by atoms with E-state index in [4.69, 9.17) is 9.15 Å². The Balaban J connectivity index is 2.13. The Labute approximate surface area is 106 Å². The number of aryl methyl sites for hydroxylation is 1. The molecule has 18 heavy (non-hydrogen) atoms. The summed E-state index contributed by atoms with van der Waals surface area (Å²) < 4.78 is 10.9. The molecule has 0 unspecified atom stereocenters. The molecular formula is C13H17N3O2. The lowest BCUT2D eigenvalue weighted by molar-refractivity contribution is 0.413. The molecule has 1 aromatic carbocycles. The number of rotatable bonds is 6. The smallest absolute Gasteiger partial charge is 0.251 e. The zero-order valence-corrected chi connectivity index (χ0v) is 10.6. The summed E-state index contributed by atoms with van der Waals surface area (Å²) in [6.45, 7) is 0.937. The quantitative estimate of drug-likeness (QED) is 0.790. The Morgan fingerprint density at radius 2 is 2.11 bits per heavy atom. The van der Waals surface area contributed by atoms with Gasteiger partial charge in [0.1, 0.15) is 5.75 Å². The van der Waals surface area contributed by atoms with Gasteiger partial charge >= 0.3 is 0 Å². The van der Waals surface area contributed by atoms with E-state index in [1.807, 2.05) is 31.3 Å². The third kappa shape index (κ3) is 2.87. The summed E-state index contributed by atoms with van der Waals surface area (Å²) in [5, 5.41) is 11.2. The Hall–Kier alpha value is -1.88. The fourth-order valence-corrected chi connectivity index (χ4v) is 1.70. The van der Waals surface area contributed by atoms with E-state index in [1.165, 1.54) is 0 Å². The predicted octanol–water partition coefficient (Wildman–Crippen LogP) is 1.90. The lowest BCUT2D eigenvalue weighted by Gasteiger charge is -2.03. The number of para-hydroxylation sites is 1. The average molecular weight is 247 g/mol. The Kier molecular flexibility index (Phi) is 4.30. The van der Waals surface area contributed by atoms with E-state index in [9.17, 15) is 0 Å². The minimum Gasteiger partial charge on any atom is -0.496 e. The number of hydrogen-bond donors (Lipinski definition) is 1. The Bertz CT molecular complexity index is 496. The van der Waals surface area contributed by atoms with Crippen LogP contribution >= 0.6 is 0 Å². The van der Waals surface area contributed by atoms with Crippen LogP contribution in [0, 0.1) is 0 Å². The normalized spacial score (nSPS) is 10.6. The maximum absolute atomic E-state index is 5.63. The molecule has 0 saturated heterocycles. The van der Waals surface area contributed by atoms with Crippen molar-refractivity contribution < 1.29 is 9.15 Å². The second kappa shape index (κ2) is 6.16. The fourth-order valence-electron chi connectivity index (χ4n) is 1.70. The van der Waals surface area contributed by atoms with Gasteiger partial charge < -0.3 is 14.5 Å². The van der Waals surface area contributed by atoms with E-state index in [-0.39, 0.29) is 0 Å². The van der Waals surface area contributed by atoms with Crippen LogP contribution in [0.2, 0.25) is 0 Å². The lowest BCUT2D eigenvalue weighted by Crippen LogP contribution is -2.08. The number of aromatic nitrogens is 2. The van der Waals surface area contributed by atoms with Crippen molar-refractivity contribution >= 4 is 0 Å². The van der Waals surface area contributed by atoms with Gasteiger partial charge in [0.2, 0.25) is 5.89 Å². The van der Waals surface area contributed by atoms with Crippen LogP contribution in [0.5, 0.6) is 5.75 Å². The number of hydrogen-bond acceptors (Lipinski definition) is 5. The van der Waals surface area contributed by atoms with E-state index < -0.39 is 0 Å². The number of nitrogens with one attached hydrogen (secondary N) is 1. The van der Waals surface area contributed by atoms with E-state index in [0.717, 1.165) is 30.7 Å². The highest BCUT2D eigenvalue weighted by Gasteiger charge is 2.12. The van der Waals surface area contributed by atoms with E-state index in [2.05, 4.69) is 15.5 Å². The molecule has 0 fully saturated rings. The highest BCUT2D eigenvalue weighted by molar-refractivity contribution is 5.62. The molecule has 0 aliphatic carbocycles. The summed E-state index contributed by atoms with van der Waals surface area (Å²) in [6.07, 6.45) is 1.76. The second-order valence-corrected chi connectivity index (χ2v) is 3.91. The predicted molar refractivity (Wildman–Crippen MR) is 68.5 cm³/mol. The van der Waals surface area contributed by atoms with Gasteiger partial charge in [-0.05, 0) is 32.1 Å². The van der Waals surface area contributed by atoms with Gasteiger partial charge in [0.25, 0.3) is 5.89 Å². The highest BCUT2D eigenvalue weighted by atomic mass is 16.5. The largest absolute Gasteiger partial charge is 0.496 e. The fraction of sp³-hybridized carbons (Fsp3) is 0.385. The van der Waals surface area contributed by atoms with Crippen molar-refractivity contribution in [3.63, 3.8) is 0 Å². The van der Waals surface area contributed by atoms with Crippen LogP contribution in [0.1, 0.15) is 12.3 Å². The molecule has 5 nitrogen and oxygen atoms in total. The molecule has 0 amide bonds. The molecule has 0 atom stereocenters. The first-order valence-corrected chi connectivity index (χ1v) is 5.95. The van der Waals surface area contributed by atoms with Crippen molar-refractivity contribution in [2.45, 2.75) is 12.8 Å². The summed E-state index contributed by atoms with van der Waals surface area (Å²) in [7, 11) is 3.55. The average Bonchev–Trinajstić information content (AvgIpc) is 2.88. The number of nitrogens with zero attached hydrogens (tertiary/aromatic N) is 2. The molecule has 2 rings (SSSR count). The summed E-state index contributed by atoms with van der Waals surface area (Å²) in [5.41, 5.74) is 0.826. The van der Waals surface area contributed by atoms with Gasteiger partial charge in [-0.1, -0.05) is 12.1 Å². The summed E-state index contributed by atoms with van der Waals surface area (Å²) in [5.74, 6) is 1.90. The molecule has 0 spiro atoms. The van der Waals surface area contributed by atoms with E-state index in [1.54, 1.807) is 7.11 Å². The van der Waals surface area contributed by atoms with Crippen LogP contribution in [-0.4, -0.2) is 30.9 Å². The number of methoxy groups -OCH3 is 1. The first kappa shape index (κ1) is 12.6. The second-order valence-electron chi connectivity index (χ2n) is 3.91. The summed E-state index contributed by atoms with van der Waals surface area (Å²) >= 11 is 0. The lowest BCUT2D eigenvalue weighted by atomic mass is 10.2. The van der Waals surface area contributed by atoms with Gasteiger partial charge in [-0.25, -0.2) is 0 Å². The van der Waals surface area contributed by atoms with E-state index >= 15 is 0 Å². The van der Waals surface area contributed by atoms with Gasteiger partial charge in [0.15, 0.2) is 0 Å². The summed E-state index contributed by atoms with van der Waals surface area (Å²) in [4.78, 5) is 0. The maximum Gasteiger partial charge on any atom is 0.251 e. The molecule has 0 bridgehead atoms. The van der Waals surface area contributed by atoms with Crippen molar-refractivity contribution in [1.29, 1.82) is 0 Å². The minimum absolute atomic E-state index is 0.506. The topological polar surface area (TPSA) is 60.2 Å². The zero-order valence-electron chi connectivity index (χ0n) is 10.6. The summed E-state index contributed by atoms with van der Waals surface area (Å²) in [6, 6.07) is 7.61. The van der Waals surface area contributed by atoms with Crippen molar-refractivity contribution in [1.82, 2.24) is 15.5 Å². The monoisotopic (exact) mass is 247 g/mol. The molecule has 0 saturated carbocycles. The van der Waals surface area contributed by atoms with Crippen molar-refractivity contribution in [2.24, 2.45) is 0 Å². The van der Waals surface area contributed by atoms with E-state index in [0.29, 0.717) is 11.8 Å². The molecule has 0 radical (unpaired) electrons. The van der Waals surface area contributed by atoms with Gasteiger partial charge in [0, 0.05) is 6.42 Å². The third-order valence-electron chi connectivity index (χ3n) is 2.62. The highest BCUT2D eigenvalue weighted by Crippen LogP contribution is 2.28.